The van der Waals surface area contributed by atoms with Gasteiger partial charge in [-0.15, -0.1) is 0 Å². The Morgan fingerprint density at radius 2 is 2.24 bits per heavy atom. The summed E-state index contributed by atoms with van der Waals surface area (Å²) in [4.78, 5) is 20.2. The monoisotopic (exact) mass is 253 g/mol. The van der Waals surface area contributed by atoms with Gasteiger partial charge in [0, 0.05) is 6.92 Å². The van der Waals surface area contributed by atoms with Crippen LogP contribution in [0, 0.1) is 13.8 Å². The second kappa shape index (κ2) is 4.50. The molecule has 0 aliphatic rings. The second-order valence-electron chi connectivity index (χ2n) is 3.38. The quantitative estimate of drug-likeness (QED) is 0.831. The minimum Gasteiger partial charge on any atom is -0.375 e. The van der Waals surface area contributed by atoms with Crippen LogP contribution in [-0.2, 0) is 6.54 Å². The van der Waals surface area contributed by atoms with Crippen LogP contribution >= 0.6 is 11.3 Å². The van der Waals surface area contributed by atoms with Gasteiger partial charge in [-0.2, -0.15) is 4.98 Å². The number of nitrogens with zero attached hydrogens (tertiary/aromatic N) is 3. The summed E-state index contributed by atoms with van der Waals surface area (Å²) >= 11 is 1.15. The number of nitrogens with two attached hydrogens (primary N) is 1. The second-order valence-corrected chi connectivity index (χ2v) is 4.41. The van der Waals surface area contributed by atoms with Crippen LogP contribution < -0.4 is 11.1 Å². The summed E-state index contributed by atoms with van der Waals surface area (Å²) in [5.74, 6) is 0.664. The van der Waals surface area contributed by atoms with E-state index in [1.54, 1.807) is 13.8 Å². The average Bonchev–Trinajstić information content (AvgIpc) is 2.81. The molecule has 17 heavy (non-hydrogen) atoms. The van der Waals surface area contributed by atoms with Crippen molar-refractivity contribution in [2.45, 2.75) is 20.4 Å². The first-order valence-electron chi connectivity index (χ1n) is 4.86. The number of aryl methyl sites for hydroxylation is 2. The molecule has 0 bridgehead atoms. The van der Waals surface area contributed by atoms with Crippen LogP contribution in [0.25, 0.3) is 0 Å². The number of carbonyl (C=O) groups excluding carboxylic acids is 1. The van der Waals surface area contributed by atoms with Crippen molar-refractivity contribution in [3.05, 3.63) is 22.3 Å². The minimum absolute atomic E-state index is 0.216. The molecule has 1 amide bonds. The number of carbonyl (C=O) groups is 1. The maximum Gasteiger partial charge on any atom is 0.263 e. The number of rotatable bonds is 3. The molecule has 0 spiro atoms. The highest BCUT2D eigenvalue weighted by Crippen LogP contribution is 2.19. The Kier molecular flexibility index (Phi) is 3.05. The molecule has 0 radical (unpaired) electrons. The predicted molar refractivity (Wildman–Crippen MR) is 61.5 cm³/mol. The van der Waals surface area contributed by atoms with E-state index in [2.05, 4.69) is 20.4 Å². The SMILES string of the molecule is Cc1nc(CNC(=O)c2sc(N)nc2C)no1. The summed E-state index contributed by atoms with van der Waals surface area (Å²) in [6.07, 6.45) is 0. The van der Waals surface area contributed by atoms with Gasteiger partial charge >= 0.3 is 0 Å². The number of anilines is 1. The van der Waals surface area contributed by atoms with Crippen LogP contribution in [0.2, 0.25) is 0 Å². The lowest BCUT2D eigenvalue weighted by molar-refractivity contribution is 0.0953. The van der Waals surface area contributed by atoms with E-state index in [9.17, 15) is 4.79 Å². The van der Waals surface area contributed by atoms with E-state index in [0.29, 0.717) is 27.4 Å². The van der Waals surface area contributed by atoms with E-state index < -0.39 is 0 Å². The van der Waals surface area contributed by atoms with Crippen LogP contribution in [-0.4, -0.2) is 21.0 Å². The van der Waals surface area contributed by atoms with E-state index in [0.717, 1.165) is 11.3 Å². The highest BCUT2D eigenvalue weighted by molar-refractivity contribution is 7.17. The van der Waals surface area contributed by atoms with Crippen molar-refractivity contribution in [1.29, 1.82) is 0 Å². The number of nitrogens with one attached hydrogen (secondary N) is 1. The van der Waals surface area contributed by atoms with Crippen molar-refractivity contribution < 1.29 is 9.32 Å². The lowest BCUT2D eigenvalue weighted by Crippen LogP contribution is -2.23. The molecule has 2 aromatic rings. The summed E-state index contributed by atoms with van der Waals surface area (Å²) in [7, 11) is 0. The number of hydrogen-bond donors (Lipinski definition) is 2. The Bertz CT molecular complexity index is 547. The van der Waals surface area contributed by atoms with Gasteiger partial charge < -0.3 is 15.6 Å². The molecule has 90 valence electrons. The van der Waals surface area contributed by atoms with Gasteiger partial charge in [0.2, 0.25) is 5.89 Å². The first kappa shape index (κ1) is 11.5. The van der Waals surface area contributed by atoms with E-state index in [1.807, 2.05) is 0 Å². The van der Waals surface area contributed by atoms with Crippen molar-refractivity contribution in [2.75, 3.05) is 5.73 Å². The van der Waals surface area contributed by atoms with Gasteiger partial charge in [-0.05, 0) is 6.92 Å². The Hall–Kier alpha value is -1.96. The van der Waals surface area contributed by atoms with E-state index in [-0.39, 0.29) is 12.5 Å². The molecule has 0 aliphatic heterocycles. The molecule has 2 rings (SSSR count). The Balaban J connectivity index is 2.00. The van der Waals surface area contributed by atoms with Crippen LogP contribution in [0.1, 0.15) is 27.1 Å². The van der Waals surface area contributed by atoms with Crippen molar-refractivity contribution in [2.24, 2.45) is 0 Å². The fourth-order valence-electron chi connectivity index (χ4n) is 1.28. The third-order valence-corrected chi connectivity index (χ3v) is 2.98. The third kappa shape index (κ3) is 2.59. The van der Waals surface area contributed by atoms with Crippen molar-refractivity contribution in [3.8, 4) is 0 Å². The molecule has 0 atom stereocenters. The van der Waals surface area contributed by atoms with Crippen LogP contribution in [0.4, 0.5) is 5.13 Å². The summed E-state index contributed by atoms with van der Waals surface area (Å²) < 4.78 is 4.79. The van der Waals surface area contributed by atoms with Crippen LogP contribution in [0.3, 0.4) is 0 Å². The van der Waals surface area contributed by atoms with Gasteiger partial charge in [0.1, 0.15) is 4.88 Å². The molecule has 2 aromatic heterocycles. The summed E-state index contributed by atoms with van der Waals surface area (Å²) in [6, 6.07) is 0. The number of amides is 1. The maximum atomic E-state index is 11.8. The molecule has 2 heterocycles. The molecule has 0 fully saturated rings. The number of thiazole rings is 1. The van der Waals surface area contributed by atoms with E-state index >= 15 is 0 Å². The number of aromatic nitrogens is 3. The normalized spacial score (nSPS) is 10.5. The topological polar surface area (TPSA) is 107 Å². The van der Waals surface area contributed by atoms with Crippen LogP contribution in [0.15, 0.2) is 4.52 Å². The standard InChI is InChI=1S/C9H11N5O2S/c1-4-7(17-9(10)12-4)8(15)11-3-6-13-5(2)16-14-6/h3H2,1-2H3,(H2,10,12)(H,11,15). The Morgan fingerprint density at radius 3 is 2.76 bits per heavy atom. The molecule has 3 N–H and O–H groups in total. The number of hydrogen-bond acceptors (Lipinski definition) is 7. The van der Waals surface area contributed by atoms with Gasteiger partial charge in [-0.3, -0.25) is 4.79 Å². The fraction of sp³-hybridized carbons (Fsp3) is 0.333. The third-order valence-electron chi connectivity index (χ3n) is 2.00. The van der Waals surface area contributed by atoms with Gasteiger partial charge in [-0.1, -0.05) is 16.5 Å². The minimum atomic E-state index is -0.237. The smallest absolute Gasteiger partial charge is 0.263 e. The zero-order chi connectivity index (χ0) is 12.4. The lowest BCUT2D eigenvalue weighted by Gasteiger charge is -1.99. The first-order valence-corrected chi connectivity index (χ1v) is 5.68. The molecular formula is C9H11N5O2S. The molecule has 0 saturated carbocycles. The summed E-state index contributed by atoms with van der Waals surface area (Å²) in [5, 5.41) is 6.72. The largest absolute Gasteiger partial charge is 0.375 e. The Labute approximate surface area is 101 Å². The molecule has 7 nitrogen and oxygen atoms in total. The average molecular weight is 253 g/mol. The van der Waals surface area contributed by atoms with Crippen molar-refractivity contribution in [1.82, 2.24) is 20.4 Å². The van der Waals surface area contributed by atoms with Crippen molar-refractivity contribution in [3.63, 3.8) is 0 Å². The van der Waals surface area contributed by atoms with E-state index in [1.165, 1.54) is 0 Å². The molecule has 0 aliphatic carbocycles. The first-order chi connectivity index (χ1) is 8.06. The highest BCUT2D eigenvalue weighted by atomic mass is 32.1. The molecule has 0 saturated heterocycles. The maximum absolute atomic E-state index is 11.8. The molecular weight excluding hydrogens is 242 g/mol. The van der Waals surface area contributed by atoms with Gasteiger partial charge in [0.15, 0.2) is 11.0 Å². The van der Waals surface area contributed by atoms with Gasteiger partial charge in [0.25, 0.3) is 5.91 Å². The zero-order valence-electron chi connectivity index (χ0n) is 9.35. The fourth-order valence-corrected chi connectivity index (χ4v) is 2.03. The summed E-state index contributed by atoms with van der Waals surface area (Å²) in [6.45, 7) is 3.64. The lowest BCUT2D eigenvalue weighted by atomic mass is 10.4. The summed E-state index contributed by atoms with van der Waals surface area (Å²) in [5.41, 5.74) is 6.14. The van der Waals surface area contributed by atoms with Gasteiger partial charge in [0.05, 0.1) is 12.2 Å². The van der Waals surface area contributed by atoms with Crippen molar-refractivity contribution >= 4 is 22.4 Å². The Morgan fingerprint density at radius 1 is 1.47 bits per heavy atom. The zero-order valence-corrected chi connectivity index (χ0v) is 10.2. The van der Waals surface area contributed by atoms with Gasteiger partial charge in [-0.25, -0.2) is 4.98 Å². The van der Waals surface area contributed by atoms with E-state index in [4.69, 9.17) is 10.3 Å². The molecule has 0 unspecified atom stereocenters. The predicted octanol–water partition coefficient (Wildman–Crippen LogP) is 0.655. The molecule has 0 aromatic carbocycles. The highest BCUT2D eigenvalue weighted by Gasteiger charge is 2.14. The molecule has 8 heteroatoms. The van der Waals surface area contributed by atoms with Crippen LogP contribution in [0.5, 0.6) is 0 Å². The number of nitrogen functional groups attached to an aromatic ring is 1.